The molecule has 2 amide bonds. The van der Waals surface area contributed by atoms with Crippen LogP contribution in [0.1, 0.15) is 17.5 Å². The van der Waals surface area contributed by atoms with Gasteiger partial charge in [0.1, 0.15) is 0 Å². The Kier molecular flexibility index (Phi) is 7.28. The normalized spacial score (nSPS) is 16.6. The minimum Gasteiger partial charge on any atom is -0.334 e. The molecule has 0 bridgehead atoms. The minimum absolute atomic E-state index is 0.226. The first-order valence-electron chi connectivity index (χ1n) is 8.77. The molecule has 146 valence electrons. The number of carbonyl (C=O) groups excluding carboxylic acids is 1. The number of carbonyl (C=O) groups is 1. The smallest absolute Gasteiger partial charge is 0.334 e. The second-order valence-corrected chi connectivity index (χ2v) is 6.94. The molecule has 1 saturated heterocycles. The summed E-state index contributed by atoms with van der Waals surface area (Å²) in [5.74, 6) is 0. The van der Waals surface area contributed by atoms with Gasteiger partial charge in [-0.3, -0.25) is 4.90 Å². The average molecular weight is 372 g/mol. The highest BCUT2D eigenvalue weighted by Crippen LogP contribution is 2.17. The third kappa shape index (κ3) is 7.21. The van der Waals surface area contributed by atoms with Crippen LogP contribution in [-0.2, 0) is 13.1 Å². The molecule has 1 aliphatic heterocycles. The van der Waals surface area contributed by atoms with E-state index >= 15 is 0 Å². The van der Waals surface area contributed by atoms with Gasteiger partial charge in [-0.1, -0.05) is 24.3 Å². The Bertz CT molecular complexity index is 575. The van der Waals surface area contributed by atoms with Gasteiger partial charge in [-0.05, 0) is 31.6 Å². The number of urea groups is 1. The predicted molar refractivity (Wildman–Crippen MR) is 94.8 cm³/mol. The molecule has 1 N–H and O–H groups in total. The fourth-order valence-corrected chi connectivity index (χ4v) is 3.00. The van der Waals surface area contributed by atoms with Crippen molar-refractivity contribution in [3.8, 4) is 0 Å². The quantitative estimate of drug-likeness (QED) is 0.863. The molecule has 0 radical (unpaired) electrons. The Labute approximate surface area is 152 Å². The van der Waals surface area contributed by atoms with Crippen LogP contribution in [-0.4, -0.2) is 73.7 Å². The van der Waals surface area contributed by atoms with Gasteiger partial charge in [-0.2, -0.15) is 13.2 Å². The first kappa shape index (κ1) is 20.5. The minimum atomic E-state index is -4.20. The van der Waals surface area contributed by atoms with Crippen LogP contribution in [0, 0.1) is 0 Å². The average Bonchev–Trinajstić information content (AvgIpc) is 2.77. The zero-order chi connectivity index (χ0) is 19.2. The van der Waals surface area contributed by atoms with E-state index in [1.165, 1.54) is 10.5 Å². The molecule has 1 aliphatic rings. The Balaban J connectivity index is 1.79. The molecule has 0 unspecified atom stereocenters. The number of rotatable bonds is 5. The summed E-state index contributed by atoms with van der Waals surface area (Å²) in [4.78, 5) is 17.3. The van der Waals surface area contributed by atoms with Crippen LogP contribution in [0.3, 0.4) is 0 Å². The summed E-state index contributed by atoms with van der Waals surface area (Å²) >= 11 is 0. The first-order valence-corrected chi connectivity index (χ1v) is 8.77. The van der Waals surface area contributed by atoms with Gasteiger partial charge in [-0.15, -0.1) is 0 Å². The number of nitrogens with zero attached hydrogens (tertiary/aromatic N) is 3. The number of hydrogen-bond acceptors (Lipinski definition) is 3. The summed E-state index contributed by atoms with van der Waals surface area (Å²) in [5.41, 5.74) is 2.19. The van der Waals surface area contributed by atoms with Crippen molar-refractivity contribution in [2.45, 2.75) is 25.7 Å². The summed E-state index contributed by atoms with van der Waals surface area (Å²) in [5, 5.41) is 2.86. The number of halogens is 3. The summed E-state index contributed by atoms with van der Waals surface area (Å²) < 4.78 is 37.5. The van der Waals surface area contributed by atoms with Gasteiger partial charge in [0.2, 0.25) is 0 Å². The fourth-order valence-electron chi connectivity index (χ4n) is 3.00. The fraction of sp³-hybridized carbons (Fsp3) is 0.611. The van der Waals surface area contributed by atoms with Crippen molar-refractivity contribution >= 4 is 6.03 Å². The van der Waals surface area contributed by atoms with Crippen LogP contribution in [0.4, 0.5) is 18.0 Å². The van der Waals surface area contributed by atoms with Gasteiger partial charge in [0, 0.05) is 39.3 Å². The molecule has 26 heavy (non-hydrogen) atoms. The zero-order valence-corrected chi connectivity index (χ0v) is 15.4. The molecule has 1 fully saturated rings. The highest BCUT2D eigenvalue weighted by Gasteiger charge is 2.31. The number of amides is 2. The maximum absolute atomic E-state index is 12.5. The van der Waals surface area contributed by atoms with Crippen LogP contribution in [0.25, 0.3) is 0 Å². The second kappa shape index (κ2) is 9.23. The lowest BCUT2D eigenvalue weighted by Crippen LogP contribution is -2.42. The highest BCUT2D eigenvalue weighted by molar-refractivity contribution is 5.74. The lowest BCUT2D eigenvalue weighted by atomic mass is 10.1. The van der Waals surface area contributed by atoms with Gasteiger partial charge in [0.15, 0.2) is 0 Å². The standard InChI is InChI=1S/C18H27F3N4O/c1-23(2)13-16-6-4-15(5-7-16)12-22-17(26)25-9-3-8-24(10-11-25)14-18(19,20)21/h4-7H,3,8-14H2,1-2H3,(H,22,26). The second-order valence-electron chi connectivity index (χ2n) is 6.94. The lowest BCUT2D eigenvalue weighted by Gasteiger charge is -2.23. The summed E-state index contributed by atoms with van der Waals surface area (Å²) in [6.45, 7) is 1.73. The summed E-state index contributed by atoms with van der Waals surface area (Å²) in [6.07, 6.45) is -3.65. The molecule has 2 rings (SSSR count). The van der Waals surface area contributed by atoms with E-state index in [1.54, 1.807) is 4.90 Å². The molecule has 0 saturated carbocycles. The predicted octanol–water partition coefficient (Wildman–Crippen LogP) is 2.53. The van der Waals surface area contributed by atoms with E-state index in [1.807, 2.05) is 38.4 Å². The van der Waals surface area contributed by atoms with Crippen molar-refractivity contribution in [2.75, 3.05) is 46.8 Å². The van der Waals surface area contributed by atoms with Crippen molar-refractivity contribution in [3.63, 3.8) is 0 Å². The van der Waals surface area contributed by atoms with Crippen LogP contribution < -0.4 is 5.32 Å². The molecule has 8 heteroatoms. The molecular formula is C18H27F3N4O. The Morgan fingerprint density at radius 1 is 1.08 bits per heavy atom. The molecule has 1 aromatic rings. The maximum atomic E-state index is 12.5. The maximum Gasteiger partial charge on any atom is 0.401 e. The highest BCUT2D eigenvalue weighted by atomic mass is 19.4. The number of hydrogen-bond donors (Lipinski definition) is 1. The molecule has 0 atom stereocenters. The molecule has 0 aromatic heterocycles. The number of nitrogens with one attached hydrogen (secondary N) is 1. The van der Waals surface area contributed by atoms with Crippen molar-refractivity contribution < 1.29 is 18.0 Å². The van der Waals surface area contributed by atoms with Crippen LogP contribution >= 0.6 is 0 Å². The number of benzene rings is 1. The summed E-state index contributed by atoms with van der Waals surface area (Å²) in [7, 11) is 4.01. The number of alkyl halides is 3. The van der Waals surface area contributed by atoms with E-state index in [0.29, 0.717) is 32.6 Å². The Hall–Kier alpha value is -1.80. The van der Waals surface area contributed by atoms with Gasteiger partial charge < -0.3 is 15.1 Å². The van der Waals surface area contributed by atoms with Gasteiger partial charge in [-0.25, -0.2) is 4.79 Å². The Morgan fingerprint density at radius 2 is 1.73 bits per heavy atom. The van der Waals surface area contributed by atoms with Crippen LogP contribution in [0.2, 0.25) is 0 Å². The molecule has 0 aliphatic carbocycles. The monoisotopic (exact) mass is 372 g/mol. The molecule has 0 spiro atoms. The third-order valence-corrected chi connectivity index (χ3v) is 4.24. The van der Waals surface area contributed by atoms with Crippen molar-refractivity contribution in [1.82, 2.24) is 20.0 Å². The van der Waals surface area contributed by atoms with Crippen LogP contribution in [0.15, 0.2) is 24.3 Å². The first-order chi connectivity index (χ1) is 12.2. The molecular weight excluding hydrogens is 345 g/mol. The van der Waals surface area contributed by atoms with E-state index in [4.69, 9.17) is 0 Å². The SMILES string of the molecule is CN(C)Cc1ccc(CNC(=O)N2CCCN(CC(F)(F)F)CC2)cc1. The molecule has 1 aromatic carbocycles. The lowest BCUT2D eigenvalue weighted by molar-refractivity contribution is -0.145. The van der Waals surface area contributed by atoms with Gasteiger partial charge in [0.05, 0.1) is 6.54 Å². The van der Waals surface area contributed by atoms with Gasteiger partial charge in [0.25, 0.3) is 0 Å². The third-order valence-electron chi connectivity index (χ3n) is 4.24. The van der Waals surface area contributed by atoms with E-state index in [9.17, 15) is 18.0 Å². The van der Waals surface area contributed by atoms with E-state index in [2.05, 4.69) is 10.2 Å². The molecule has 5 nitrogen and oxygen atoms in total. The largest absolute Gasteiger partial charge is 0.401 e. The molecule has 1 heterocycles. The Morgan fingerprint density at radius 3 is 2.35 bits per heavy atom. The van der Waals surface area contributed by atoms with E-state index < -0.39 is 12.7 Å². The zero-order valence-electron chi connectivity index (χ0n) is 15.4. The van der Waals surface area contributed by atoms with E-state index in [0.717, 1.165) is 12.1 Å². The summed E-state index contributed by atoms with van der Waals surface area (Å²) in [6, 6.07) is 7.79. The topological polar surface area (TPSA) is 38.8 Å². The van der Waals surface area contributed by atoms with Crippen molar-refractivity contribution in [1.29, 1.82) is 0 Å². The van der Waals surface area contributed by atoms with E-state index in [-0.39, 0.29) is 12.6 Å². The van der Waals surface area contributed by atoms with Crippen molar-refractivity contribution in [2.24, 2.45) is 0 Å². The van der Waals surface area contributed by atoms with Gasteiger partial charge >= 0.3 is 12.2 Å². The van der Waals surface area contributed by atoms with Crippen molar-refractivity contribution in [3.05, 3.63) is 35.4 Å². The van der Waals surface area contributed by atoms with Crippen LogP contribution in [0.5, 0.6) is 0 Å².